The van der Waals surface area contributed by atoms with Crippen LogP contribution in [0.2, 0.25) is 0 Å². The van der Waals surface area contributed by atoms with Gasteiger partial charge in [-0.3, -0.25) is 4.79 Å². The van der Waals surface area contributed by atoms with Crippen molar-refractivity contribution in [3.8, 4) is 0 Å². The number of aromatic nitrogens is 4. The summed E-state index contributed by atoms with van der Waals surface area (Å²) in [6.07, 6.45) is 0.0205. The summed E-state index contributed by atoms with van der Waals surface area (Å²) in [7, 11) is 1.46. The number of rotatable bonds is 5. The van der Waals surface area contributed by atoms with Gasteiger partial charge in [0.05, 0.1) is 0 Å². The Morgan fingerprint density at radius 1 is 1.38 bits per heavy atom. The maximum Gasteiger partial charge on any atom is 0.326 e. The molecule has 0 saturated heterocycles. The molecular formula is C12H12FN5O3. The Balaban J connectivity index is 2.09. The summed E-state index contributed by atoms with van der Waals surface area (Å²) in [5.74, 6) is -2.42. The third-order valence-corrected chi connectivity index (χ3v) is 2.78. The highest BCUT2D eigenvalue weighted by Gasteiger charge is 2.23. The summed E-state index contributed by atoms with van der Waals surface area (Å²) in [5.41, 5.74) is 0.584. The third-order valence-electron chi connectivity index (χ3n) is 2.78. The summed E-state index contributed by atoms with van der Waals surface area (Å²) in [5, 5.41) is 21.8. The summed E-state index contributed by atoms with van der Waals surface area (Å²) in [6.45, 7) is 0. The van der Waals surface area contributed by atoms with Gasteiger partial charge in [0, 0.05) is 13.5 Å². The average Bonchev–Trinajstić information content (AvgIpc) is 2.86. The van der Waals surface area contributed by atoms with Crippen LogP contribution in [-0.4, -0.2) is 43.2 Å². The van der Waals surface area contributed by atoms with Gasteiger partial charge >= 0.3 is 5.97 Å². The van der Waals surface area contributed by atoms with Crippen molar-refractivity contribution in [2.45, 2.75) is 12.5 Å². The van der Waals surface area contributed by atoms with Crippen LogP contribution in [0.5, 0.6) is 0 Å². The molecular weight excluding hydrogens is 281 g/mol. The predicted octanol–water partition coefficient (Wildman–Crippen LogP) is -0.225. The number of nitrogens with zero attached hydrogens (tertiary/aromatic N) is 4. The number of aliphatic carboxylic acids is 1. The lowest BCUT2D eigenvalue weighted by Gasteiger charge is -2.13. The summed E-state index contributed by atoms with van der Waals surface area (Å²) in [4.78, 5) is 23.1. The first kappa shape index (κ1) is 14.6. The predicted molar refractivity (Wildman–Crippen MR) is 67.8 cm³/mol. The van der Waals surface area contributed by atoms with E-state index in [1.165, 1.54) is 31.3 Å². The fourth-order valence-electron chi connectivity index (χ4n) is 1.70. The molecule has 0 radical (unpaired) electrons. The molecule has 21 heavy (non-hydrogen) atoms. The maximum atomic E-state index is 12.8. The van der Waals surface area contributed by atoms with Gasteiger partial charge < -0.3 is 10.4 Å². The average molecular weight is 293 g/mol. The van der Waals surface area contributed by atoms with E-state index in [-0.39, 0.29) is 12.2 Å². The zero-order valence-corrected chi connectivity index (χ0v) is 11.0. The molecule has 0 fully saturated rings. The molecule has 2 rings (SSSR count). The van der Waals surface area contributed by atoms with Gasteiger partial charge in [-0.25, -0.2) is 13.9 Å². The van der Waals surface area contributed by atoms with Gasteiger partial charge in [-0.15, -0.1) is 5.10 Å². The Morgan fingerprint density at radius 2 is 2.05 bits per heavy atom. The Kier molecular flexibility index (Phi) is 4.21. The van der Waals surface area contributed by atoms with Crippen LogP contribution in [0.3, 0.4) is 0 Å². The zero-order chi connectivity index (χ0) is 15.4. The van der Waals surface area contributed by atoms with E-state index in [0.717, 1.165) is 4.68 Å². The topological polar surface area (TPSA) is 110 Å². The van der Waals surface area contributed by atoms with E-state index in [2.05, 4.69) is 20.8 Å². The van der Waals surface area contributed by atoms with E-state index < -0.39 is 23.7 Å². The summed E-state index contributed by atoms with van der Waals surface area (Å²) in [6, 6.07) is 4.20. The van der Waals surface area contributed by atoms with Crippen LogP contribution < -0.4 is 5.32 Å². The smallest absolute Gasteiger partial charge is 0.326 e. The van der Waals surface area contributed by atoms with E-state index >= 15 is 0 Å². The molecule has 1 atom stereocenters. The van der Waals surface area contributed by atoms with Crippen LogP contribution in [-0.2, 0) is 18.3 Å². The van der Waals surface area contributed by atoms with Crippen molar-refractivity contribution < 1.29 is 19.1 Å². The number of hydrogen-bond acceptors (Lipinski definition) is 5. The largest absolute Gasteiger partial charge is 0.480 e. The number of carboxylic acid groups (broad SMARTS) is 1. The van der Waals surface area contributed by atoms with Gasteiger partial charge in [-0.05, 0) is 28.1 Å². The van der Waals surface area contributed by atoms with Gasteiger partial charge in [0.15, 0.2) is 0 Å². The first-order chi connectivity index (χ1) is 9.97. The number of carbonyl (C=O) groups excluding carboxylic acids is 1. The number of benzene rings is 1. The number of hydrogen-bond donors (Lipinski definition) is 2. The van der Waals surface area contributed by atoms with E-state index in [1.807, 2.05) is 0 Å². The van der Waals surface area contributed by atoms with E-state index in [4.69, 9.17) is 5.11 Å². The second kappa shape index (κ2) is 6.07. The minimum atomic E-state index is -1.21. The van der Waals surface area contributed by atoms with Crippen LogP contribution in [0.25, 0.3) is 0 Å². The van der Waals surface area contributed by atoms with Crippen molar-refractivity contribution in [1.82, 2.24) is 25.5 Å². The molecule has 8 nitrogen and oxygen atoms in total. The van der Waals surface area contributed by atoms with E-state index in [1.54, 1.807) is 0 Å². The standard InChI is InChI=1S/C12H12FN5O3/c1-18-10(15-16-17-18)11(19)14-9(12(20)21)6-7-2-4-8(13)5-3-7/h2-5,9H,6H2,1H3,(H,14,19)(H,20,21). The van der Waals surface area contributed by atoms with Crippen molar-refractivity contribution in [3.63, 3.8) is 0 Å². The number of tetrazole rings is 1. The number of halogens is 1. The van der Waals surface area contributed by atoms with Crippen LogP contribution in [0.1, 0.15) is 16.2 Å². The lowest BCUT2D eigenvalue weighted by atomic mass is 10.1. The van der Waals surface area contributed by atoms with Gasteiger partial charge in [-0.1, -0.05) is 12.1 Å². The number of amides is 1. The van der Waals surface area contributed by atoms with Gasteiger partial charge in [0.2, 0.25) is 5.82 Å². The minimum absolute atomic E-state index is 0.0205. The highest BCUT2D eigenvalue weighted by atomic mass is 19.1. The molecule has 0 spiro atoms. The highest BCUT2D eigenvalue weighted by molar-refractivity contribution is 5.93. The SMILES string of the molecule is Cn1nnnc1C(=O)NC(Cc1ccc(F)cc1)C(=O)O. The number of carbonyl (C=O) groups is 2. The Bertz CT molecular complexity index is 655. The fourth-order valence-corrected chi connectivity index (χ4v) is 1.70. The van der Waals surface area contributed by atoms with Crippen molar-refractivity contribution >= 4 is 11.9 Å². The fraction of sp³-hybridized carbons (Fsp3) is 0.250. The van der Waals surface area contributed by atoms with E-state index in [9.17, 15) is 14.0 Å². The highest BCUT2D eigenvalue weighted by Crippen LogP contribution is 2.06. The third kappa shape index (κ3) is 3.59. The second-order valence-corrected chi connectivity index (χ2v) is 4.32. The van der Waals surface area contributed by atoms with Crippen LogP contribution in [0, 0.1) is 5.82 Å². The van der Waals surface area contributed by atoms with Gasteiger partial charge in [0.1, 0.15) is 11.9 Å². The normalized spacial score (nSPS) is 11.9. The molecule has 9 heteroatoms. The van der Waals surface area contributed by atoms with Crippen molar-refractivity contribution in [2.75, 3.05) is 0 Å². The lowest BCUT2D eigenvalue weighted by Crippen LogP contribution is -2.43. The molecule has 2 N–H and O–H groups in total. The molecule has 1 heterocycles. The van der Waals surface area contributed by atoms with Crippen molar-refractivity contribution in [1.29, 1.82) is 0 Å². The van der Waals surface area contributed by atoms with Crippen molar-refractivity contribution in [3.05, 3.63) is 41.5 Å². The second-order valence-electron chi connectivity index (χ2n) is 4.32. The Hall–Kier alpha value is -2.84. The van der Waals surface area contributed by atoms with Gasteiger partial charge in [0.25, 0.3) is 5.91 Å². The number of aryl methyl sites for hydroxylation is 1. The van der Waals surface area contributed by atoms with Crippen LogP contribution >= 0.6 is 0 Å². The van der Waals surface area contributed by atoms with Crippen molar-refractivity contribution in [2.24, 2.45) is 7.05 Å². The summed E-state index contributed by atoms with van der Waals surface area (Å²) < 4.78 is 13.9. The minimum Gasteiger partial charge on any atom is -0.480 e. The lowest BCUT2D eigenvalue weighted by molar-refractivity contribution is -0.139. The zero-order valence-electron chi connectivity index (χ0n) is 11.0. The van der Waals surface area contributed by atoms with E-state index in [0.29, 0.717) is 5.56 Å². The monoisotopic (exact) mass is 293 g/mol. The molecule has 2 aromatic rings. The summed E-state index contributed by atoms with van der Waals surface area (Å²) >= 11 is 0. The molecule has 1 unspecified atom stereocenters. The first-order valence-electron chi connectivity index (χ1n) is 5.98. The quantitative estimate of drug-likeness (QED) is 0.788. The molecule has 0 aliphatic carbocycles. The first-order valence-corrected chi connectivity index (χ1v) is 5.98. The van der Waals surface area contributed by atoms with Crippen LogP contribution in [0.15, 0.2) is 24.3 Å². The molecule has 1 amide bonds. The molecule has 0 aliphatic rings. The maximum absolute atomic E-state index is 12.8. The van der Waals surface area contributed by atoms with Crippen LogP contribution in [0.4, 0.5) is 4.39 Å². The molecule has 0 aliphatic heterocycles. The Morgan fingerprint density at radius 3 is 2.57 bits per heavy atom. The number of carboxylic acids is 1. The molecule has 1 aromatic heterocycles. The number of nitrogens with one attached hydrogen (secondary N) is 1. The van der Waals surface area contributed by atoms with Gasteiger partial charge in [-0.2, -0.15) is 0 Å². The molecule has 1 aromatic carbocycles. The molecule has 0 bridgehead atoms. The molecule has 0 saturated carbocycles. The Labute approximate surface area is 118 Å². The molecule has 110 valence electrons.